The molecule has 0 spiro atoms. The first-order valence-corrected chi connectivity index (χ1v) is 10.4. The summed E-state index contributed by atoms with van der Waals surface area (Å²) in [6.45, 7) is 6.32. The van der Waals surface area contributed by atoms with Crippen LogP contribution in [0.2, 0.25) is 0 Å². The molecule has 5 heteroatoms. The van der Waals surface area contributed by atoms with E-state index >= 15 is 0 Å². The quantitative estimate of drug-likeness (QED) is 0.872. The summed E-state index contributed by atoms with van der Waals surface area (Å²) in [6, 6.07) is 20.7. The van der Waals surface area contributed by atoms with Crippen molar-refractivity contribution in [3.63, 3.8) is 0 Å². The zero-order chi connectivity index (χ0) is 20.4. The van der Waals surface area contributed by atoms with Crippen molar-refractivity contribution < 1.29 is 9.59 Å². The van der Waals surface area contributed by atoms with E-state index in [0.717, 1.165) is 31.6 Å². The predicted octanol–water partition coefficient (Wildman–Crippen LogP) is 2.99. The third-order valence-electron chi connectivity index (χ3n) is 6.36. The fraction of sp³-hybridized carbons (Fsp3) is 0.417. The van der Waals surface area contributed by atoms with E-state index in [1.807, 2.05) is 29.2 Å². The Labute approximate surface area is 172 Å². The molecule has 4 rings (SSSR count). The van der Waals surface area contributed by atoms with Crippen LogP contribution in [-0.2, 0) is 16.1 Å². The molecule has 2 heterocycles. The molecule has 5 nitrogen and oxygen atoms in total. The Hall–Kier alpha value is -2.66. The Kier molecular flexibility index (Phi) is 5.41. The van der Waals surface area contributed by atoms with Crippen LogP contribution >= 0.6 is 0 Å². The number of amides is 2. The molecule has 0 aromatic heterocycles. The number of hydrogen-bond donors (Lipinski definition) is 1. The highest BCUT2D eigenvalue weighted by Gasteiger charge is 2.56. The molecule has 2 amide bonds. The minimum atomic E-state index is -0.426. The monoisotopic (exact) mass is 391 g/mol. The first-order valence-electron chi connectivity index (χ1n) is 10.4. The fourth-order valence-corrected chi connectivity index (χ4v) is 5.31. The van der Waals surface area contributed by atoms with Crippen molar-refractivity contribution in [3.8, 4) is 0 Å². The van der Waals surface area contributed by atoms with Gasteiger partial charge in [0.1, 0.15) is 0 Å². The van der Waals surface area contributed by atoms with Gasteiger partial charge < -0.3 is 10.2 Å². The Morgan fingerprint density at radius 3 is 2.28 bits per heavy atom. The van der Waals surface area contributed by atoms with E-state index in [1.165, 1.54) is 5.56 Å². The molecule has 0 saturated carbocycles. The molecule has 1 N–H and O–H groups in total. The van der Waals surface area contributed by atoms with Crippen LogP contribution in [0.5, 0.6) is 0 Å². The van der Waals surface area contributed by atoms with Gasteiger partial charge in [0.2, 0.25) is 11.8 Å². The van der Waals surface area contributed by atoms with Crippen molar-refractivity contribution in [1.29, 1.82) is 0 Å². The molecule has 2 aromatic carbocycles. The molecule has 2 fully saturated rings. The summed E-state index contributed by atoms with van der Waals surface area (Å²) in [5.41, 5.74) is 1.99. The van der Waals surface area contributed by atoms with Gasteiger partial charge in [0.05, 0.1) is 11.6 Å². The lowest BCUT2D eigenvalue weighted by Crippen LogP contribution is -2.63. The van der Waals surface area contributed by atoms with Crippen molar-refractivity contribution in [2.45, 2.75) is 38.4 Å². The van der Waals surface area contributed by atoms with Crippen molar-refractivity contribution >= 4 is 11.8 Å². The average molecular weight is 392 g/mol. The van der Waals surface area contributed by atoms with Gasteiger partial charge in [-0.1, -0.05) is 60.7 Å². The number of piperidine rings is 1. The highest BCUT2D eigenvalue weighted by Crippen LogP contribution is 2.47. The highest BCUT2D eigenvalue weighted by atomic mass is 16.2. The number of carbonyl (C=O) groups is 2. The van der Waals surface area contributed by atoms with E-state index in [9.17, 15) is 9.59 Å². The van der Waals surface area contributed by atoms with E-state index < -0.39 is 5.54 Å². The van der Waals surface area contributed by atoms with Gasteiger partial charge in [0.15, 0.2) is 0 Å². The fourth-order valence-electron chi connectivity index (χ4n) is 5.31. The van der Waals surface area contributed by atoms with Crippen LogP contribution in [0, 0.1) is 5.92 Å². The lowest BCUT2D eigenvalue weighted by molar-refractivity contribution is -0.130. The van der Waals surface area contributed by atoms with Gasteiger partial charge in [-0.05, 0) is 24.1 Å². The second-order valence-electron chi connectivity index (χ2n) is 8.43. The Balaban J connectivity index is 1.66. The molecular weight excluding hydrogens is 362 g/mol. The van der Waals surface area contributed by atoms with Crippen LogP contribution < -0.4 is 5.32 Å². The molecule has 0 aliphatic carbocycles. The number of benzene rings is 2. The van der Waals surface area contributed by atoms with Gasteiger partial charge in [-0.3, -0.25) is 14.5 Å². The SMILES string of the molecule is CC(=O)N[C@@]12CN(Cc3ccccc3)CC[C@@H]1[C@@H](c1ccccc1)N(C(C)=O)C2. The second-order valence-corrected chi connectivity index (χ2v) is 8.43. The van der Waals surface area contributed by atoms with Crippen LogP contribution in [0.15, 0.2) is 60.7 Å². The van der Waals surface area contributed by atoms with Crippen molar-refractivity contribution in [3.05, 3.63) is 71.8 Å². The first kappa shape index (κ1) is 19.6. The molecule has 29 heavy (non-hydrogen) atoms. The Morgan fingerprint density at radius 2 is 1.66 bits per heavy atom. The van der Waals surface area contributed by atoms with Crippen LogP contribution in [0.3, 0.4) is 0 Å². The molecule has 2 aromatic rings. The average Bonchev–Trinajstić information content (AvgIpc) is 3.03. The maximum Gasteiger partial charge on any atom is 0.220 e. The molecule has 2 aliphatic heterocycles. The minimum Gasteiger partial charge on any atom is -0.347 e. The van der Waals surface area contributed by atoms with Gasteiger partial charge in [-0.15, -0.1) is 0 Å². The van der Waals surface area contributed by atoms with Gasteiger partial charge in [0, 0.05) is 39.4 Å². The smallest absolute Gasteiger partial charge is 0.220 e. The predicted molar refractivity (Wildman–Crippen MR) is 113 cm³/mol. The summed E-state index contributed by atoms with van der Waals surface area (Å²) in [7, 11) is 0. The maximum atomic E-state index is 12.6. The highest BCUT2D eigenvalue weighted by molar-refractivity contribution is 5.77. The van der Waals surface area contributed by atoms with Gasteiger partial charge in [0.25, 0.3) is 0 Å². The standard InChI is InChI=1S/C24H29N3O2/c1-18(28)25-24-16-26(15-20-9-5-3-6-10-20)14-13-22(24)23(27(17-24)19(2)29)21-11-7-4-8-12-21/h3-12,22-23H,13-17H2,1-2H3,(H,25,28)/t22-,23-,24-/m1/s1. The summed E-state index contributed by atoms with van der Waals surface area (Å²) in [4.78, 5) is 29.1. The van der Waals surface area contributed by atoms with Crippen LogP contribution in [0.25, 0.3) is 0 Å². The molecule has 2 saturated heterocycles. The normalized spacial score (nSPS) is 26.8. The third kappa shape index (κ3) is 3.92. The summed E-state index contributed by atoms with van der Waals surface area (Å²) in [6.07, 6.45) is 0.941. The summed E-state index contributed by atoms with van der Waals surface area (Å²) < 4.78 is 0. The number of carbonyl (C=O) groups excluding carboxylic acids is 2. The van der Waals surface area contributed by atoms with Gasteiger partial charge in [-0.25, -0.2) is 0 Å². The number of likely N-dealkylation sites (tertiary alicyclic amines) is 2. The number of nitrogens with zero attached hydrogens (tertiary/aromatic N) is 2. The van der Waals surface area contributed by atoms with Crippen LogP contribution in [-0.4, -0.2) is 46.8 Å². The number of hydrogen-bond acceptors (Lipinski definition) is 3. The summed E-state index contributed by atoms with van der Waals surface area (Å²) >= 11 is 0. The summed E-state index contributed by atoms with van der Waals surface area (Å²) in [5, 5.41) is 3.28. The van der Waals surface area contributed by atoms with E-state index in [-0.39, 0.29) is 23.8 Å². The topological polar surface area (TPSA) is 52.7 Å². The lowest BCUT2D eigenvalue weighted by Gasteiger charge is -2.45. The van der Waals surface area contributed by atoms with Crippen molar-refractivity contribution in [2.75, 3.05) is 19.6 Å². The third-order valence-corrected chi connectivity index (χ3v) is 6.36. The molecule has 2 aliphatic rings. The minimum absolute atomic E-state index is 0.000532. The second kappa shape index (κ2) is 7.99. The van der Waals surface area contributed by atoms with E-state index in [1.54, 1.807) is 13.8 Å². The Morgan fingerprint density at radius 1 is 1.00 bits per heavy atom. The molecule has 3 atom stereocenters. The van der Waals surface area contributed by atoms with Gasteiger partial charge >= 0.3 is 0 Å². The Bertz CT molecular complexity index is 870. The largest absolute Gasteiger partial charge is 0.347 e. The number of rotatable bonds is 4. The molecule has 152 valence electrons. The number of fused-ring (bicyclic) bond motifs is 1. The maximum absolute atomic E-state index is 12.6. The van der Waals surface area contributed by atoms with E-state index in [4.69, 9.17) is 0 Å². The summed E-state index contributed by atoms with van der Waals surface area (Å²) in [5.74, 6) is 0.228. The zero-order valence-corrected chi connectivity index (χ0v) is 17.2. The molecular formula is C24H29N3O2. The van der Waals surface area contributed by atoms with E-state index in [0.29, 0.717) is 6.54 Å². The number of nitrogens with one attached hydrogen (secondary N) is 1. The van der Waals surface area contributed by atoms with Crippen molar-refractivity contribution in [1.82, 2.24) is 15.1 Å². The molecule has 0 unspecified atom stereocenters. The van der Waals surface area contributed by atoms with Gasteiger partial charge in [-0.2, -0.15) is 0 Å². The molecule has 0 radical (unpaired) electrons. The zero-order valence-electron chi connectivity index (χ0n) is 17.2. The van der Waals surface area contributed by atoms with Crippen molar-refractivity contribution in [2.24, 2.45) is 5.92 Å². The van der Waals surface area contributed by atoms with Crippen LogP contribution in [0.4, 0.5) is 0 Å². The lowest BCUT2D eigenvalue weighted by atomic mass is 9.75. The van der Waals surface area contributed by atoms with E-state index in [2.05, 4.69) is 46.6 Å². The molecule has 0 bridgehead atoms. The van der Waals surface area contributed by atoms with Crippen LogP contribution in [0.1, 0.15) is 37.4 Å². The first-order chi connectivity index (χ1) is 14.0.